The number of aliphatic hydroxyl groups is 1. The van der Waals surface area contributed by atoms with Gasteiger partial charge in [-0.2, -0.15) is 0 Å². The quantitative estimate of drug-likeness (QED) is 0.370. The van der Waals surface area contributed by atoms with Gasteiger partial charge in [-0.1, -0.05) is 24.2 Å². The van der Waals surface area contributed by atoms with Crippen molar-refractivity contribution < 1.29 is 9.84 Å². The van der Waals surface area contributed by atoms with E-state index in [0.717, 1.165) is 95.8 Å². The number of aromatic nitrogens is 3. The number of pyridine rings is 2. The molecular weight excluding hydrogens is 484 g/mol. The van der Waals surface area contributed by atoms with Gasteiger partial charge in [-0.3, -0.25) is 4.98 Å². The highest BCUT2D eigenvalue weighted by molar-refractivity contribution is 7.22. The SMILES string of the molecule is CN1CCN(c2ccc(-c3cc(Oc4ccc5nc(N[C@@H]6CCCC[C@H]6O)sc5c4)ccn3)cn2)CC1. The zero-order valence-electron chi connectivity index (χ0n) is 21.0. The number of benzene rings is 1. The predicted octanol–water partition coefficient (Wildman–Crippen LogP) is 5.01. The normalized spacial score (nSPS) is 20.8. The molecule has 1 aromatic carbocycles. The van der Waals surface area contributed by atoms with Gasteiger partial charge in [0.05, 0.1) is 28.1 Å². The zero-order valence-corrected chi connectivity index (χ0v) is 21.8. The second kappa shape index (κ2) is 10.6. The Bertz CT molecular complexity index is 1350. The Hall–Kier alpha value is -3.27. The number of anilines is 2. The molecule has 0 spiro atoms. The van der Waals surface area contributed by atoms with E-state index in [-0.39, 0.29) is 12.1 Å². The summed E-state index contributed by atoms with van der Waals surface area (Å²) in [6.07, 6.45) is 7.41. The van der Waals surface area contributed by atoms with Crippen LogP contribution in [0.3, 0.4) is 0 Å². The van der Waals surface area contributed by atoms with Crippen LogP contribution in [0.25, 0.3) is 21.5 Å². The van der Waals surface area contributed by atoms with E-state index in [4.69, 9.17) is 14.7 Å². The monoisotopic (exact) mass is 516 g/mol. The van der Waals surface area contributed by atoms with Crippen LogP contribution in [0.4, 0.5) is 10.9 Å². The van der Waals surface area contributed by atoms with Gasteiger partial charge in [0.15, 0.2) is 5.13 Å². The molecule has 1 aliphatic carbocycles. The van der Waals surface area contributed by atoms with Crippen molar-refractivity contribution in [1.82, 2.24) is 19.9 Å². The topological polar surface area (TPSA) is 86.6 Å². The largest absolute Gasteiger partial charge is 0.457 e. The van der Waals surface area contributed by atoms with Gasteiger partial charge in [0.1, 0.15) is 17.3 Å². The van der Waals surface area contributed by atoms with E-state index in [1.807, 2.05) is 36.5 Å². The molecule has 1 saturated carbocycles. The number of likely N-dealkylation sites (N-methyl/N-ethyl adjacent to an activating group) is 1. The zero-order chi connectivity index (χ0) is 25.2. The molecule has 2 N–H and O–H groups in total. The van der Waals surface area contributed by atoms with Crippen LogP contribution >= 0.6 is 11.3 Å². The first-order valence-corrected chi connectivity index (χ1v) is 13.8. The van der Waals surface area contributed by atoms with Crippen molar-refractivity contribution >= 4 is 32.5 Å². The minimum Gasteiger partial charge on any atom is -0.457 e. The summed E-state index contributed by atoms with van der Waals surface area (Å²) in [5.74, 6) is 2.48. The molecule has 4 aromatic rings. The highest BCUT2D eigenvalue weighted by Crippen LogP contribution is 2.33. The fraction of sp³-hybridized carbons (Fsp3) is 0.393. The molecule has 0 bridgehead atoms. The Morgan fingerprint density at radius 1 is 0.973 bits per heavy atom. The van der Waals surface area contributed by atoms with Crippen molar-refractivity contribution in [1.29, 1.82) is 0 Å². The summed E-state index contributed by atoms with van der Waals surface area (Å²) < 4.78 is 7.24. The van der Waals surface area contributed by atoms with Crippen LogP contribution in [-0.2, 0) is 0 Å². The third-order valence-corrected chi connectivity index (χ3v) is 8.19. The van der Waals surface area contributed by atoms with Crippen molar-refractivity contribution in [3.05, 3.63) is 54.9 Å². The molecule has 0 unspecified atom stereocenters. The van der Waals surface area contributed by atoms with Crippen molar-refractivity contribution in [2.45, 2.75) is 37.8 Å². The average molecular weight is 517 g/mol. The number of aliphatic hydroxyl groups excluding tert-OH is 1. The smallest absolute Gasteiger partial charge is 0.184 e. The Kier molecular flexibility index (Phi) is 6.91. The van der Waals surface area contributed by atoms with Gasteiger partial charge in [0, 0.05) is 56.3 Å². The fourth-order valence-corrected chi connectivity index (χ4v) is 5.95. The molecule has 0 radical (unpaired) electrons. The first-order valence-electron chi connectivity index (χ1n) is 13.0. The Morgan fingerprint density at radius 2 is 1.81 bits per heavy atom. The van der Waals surface area contributed by atoms with E-state index < -0.39 is 0 Å². The van der Waals surface area contributed by atoms with E-state index >= 15 is 0 Å². The van der Waals surface area contributed by atoms with Crippen LogP contribution in [0, 0.1) is 0 Å². The lowest BCUT2D eigenvalue weighted by atomic mass is 9.93. The van der Waals surface area contributed by atoms with Crippen LogP contribution in [0.2, 0.25) is 0 Å². The van der Waals surface area contributed by atoms with Crippen molar-refractivity contribution in [3.63, 3.8) is 0 Å². The highest BCUT2D eigenvalue weighted by atomic mass is 32.1. The molecule has 192 valence electrons. The molecule has 0 amide bonds. The molecule has 37 heavy (non-hydrogen) atoms. The number of ether oxygens (including phenoxy) is 1. The summed E-state index contributed by atoms with van der Waals surface area (Å²) in [6.45, 7) is 4.10. The number of nitrogens with one attached hydrogen (secondary N) is 1. The summed E-state index contributed by atoms with van der Waals surface area (Å²) in [6, 6.07) is 14.0. The third-order valence-electron chi connectivity index (χ3n) is 7.24. The minimum absolute atomic E-state index is 0.0744. The number of hydrogen-bond donors (Lipinski definition) is 2. The van der Waals surface area contributed by atoms with Crippen molar-refractivity contribution in [2.75, 3.05) is 43.4 Å². The lowest BCUT2D eigenvalue weighted by Gasteiger charge is -2.33. The fourth-order valence-electron chi connectivity index (χ4n) is 5.00. The van der Waals surface area contributed by atoms with E-state index in [9.17, 15) is 5.11 Å². The van der Waals surface area contributed by atoms with Crippen molar-refractivity contribution in [2.24, 2.45) is 0 Å². The molecule has 1 saturated heterocycles. The van der Waals surface area contributed by atoms with Crippen LogP contribution in [-0.4, -0.2) is 70.3 Å². The van der Waals surface area contributed by atoms with Gasteiger partial charge in [-0.15, -0.1) is 0 Å². The molecule has 2 fully saturated rings. The molecule has 1 aliphatic heterocycles. The Balaban J connectivity index is 1.14. The maximum Gasteiger partial charge on any atom is 0.184 e. The number of piperazine rings is 1. The Labute approximate surface area is 221 Å². The highest BCUT2D eigenvalue weighted by Gasteiger charge is 2.23. The van der Waals surface area contributed by atoms with Gasteiger partial charge in [0.2, 0.25) is 0 Å². The maximum atomic E-state index is 10.3. The van der Waals surface area contributed by atoms with E-state index in [0.29, 0.717) is 0 Å². The van der Waals surface area contributed by atoms with Gasteiger partial charge in [-0.05, 0) is 50.2 Å². The summed E-state index contributed by atoms with van der Waals surface area (Å²) in [4.78, 5) is 18.6. The second-order valence-electron chi connectivity index (χ2n) is 9.93. The number of hydrogen-bond acceptors (Lipinski definition) is 9. The van der Waals surface area contributed by atoms with Crippen LogP contribution in [0.5, 0.6) is 11.5 Å². The van der Waals surface area contributed by atoms with Gasteiger partial charge >= 0.3 is 0 Å². The number of thiazole rings is 1. The molecule has 6 rings (SSSR count). The molecular formula is C28H32N6O2S. The van der Waals surface area contributed by atoms with E-state index in [1.54, 1.807) is 17.5 Å². The minimum atomic E-state index is -0.307. The molecule has 2 aliphatic rings. The van der Waals surface area contributed by atoms with Crippen LogP contribution < -0.4 is 15.0 Å². The molecule has 9 heteroatoms. The number of rotatable bonds is 6. The number of nitrogens with zero attached hydrogens (tertiary/aromatic N) is 5. The lowest BCUT2D eigenvalue weighted by Crippen LogP contribution is -2.44. The van der Waals surface area contributed by atoms with Crippen LogP contribution in [0.1, 0.15) is 25.7 Å². The average Bonchev–Trinajstić information content (AvgIpc) is 3.32. The summed E-state index contributed by atoms with van der Waals surface area (Å²) in [5.41, 5.74) is 2.71. The standard InChI is InChI=1S/C28H32N6O2S/c1-33-12-14-34(15-13-33)27-9-6-19(18-30-27)24-16-21(10-11-29-24)36-20-7-8-23-26(17-20)37-28(32-23)31-22-4-2-3-5-25(22)35/h6-11,16-18,22,25,35H,2-5,12-15H2,1H3,(H,31,32)/t22-,25-/m1/s1. The summed E-state index contributed by atoms with van der Waals surface area (Å²) in [7, 11) is 2.16. The van der Waals surface area contributed by atoms with Crippen molar-refractivity contribution in [3.8, 4) is 22.8 Å². The van der Waals surface area contributed by atoms with E-state index in [2.05, 4.69) is 39.3 Å². The first kappa shape index (κ1) is 24.1. The summed E-state index contributed by atoms with van der Waals surface area (Å²) >= 11 is 1.59. The van der Waals surface area contributed by atoms with Gasteiger partial charge in [0.25, 0.3) is 0 Å². The molecule has 8 nitrogen and oxygen atoms in total. The van der Waals surface area contributed by atoms with Crippen LogP contribution in [0.15, 0.2) is 54.9 Å². The first-order chi connectivity index (χ1) is 18.1. The third kappa shape index (κ3) is 5.53. The summed E-state index contributed by atoms with van der Waals surface area (Å²) in [5, 5.41) is 14.6. The molecule has 3 aromatic heterocycles. The molecule has 4 heterocycles. The second-order valence-corrected chi connectivity index (χ2v) is 11.0. The maximum absolute atomic E-state index is 10.3. The van der Waals surface area contributed by atoms with E-state index in [1.165, 1.54) is 0 Å². The van der Waals surface area contributed by atoms with Gasteiger partial charge < -0.3 is 25.0 Å². The Morgan fingerprint density at radius 3 is 2.62 bits per heavy atom. The van der Waals surface area contributed by atoms with Gasteiger partial charge in [-0.25, -0.2) is 9.97 Å². The molecule has 2 atom stereocenters. The lowest BCUT2D eigenvalue weighted by molar-refractivity contribution is 0.116. The number of fused-ring (bicyclic) bond motifs is 1. The predicted molar refractivity (Wildman–Crippen MR) is 149 cm³/mol.